The average molecular weight is 246 g/mol. The van der Waals surface area contributed by atoms with Crippen LogP contribution in [-0.2, 0) is 4.79 Å². The standard InChI is InChI=1S/C9H12BrNO2/c1-5-7(12)6(10)4-11-8(5)9(2,3)13/h4,6,13H,1-3H3. The lowest BCUT2D eigenvalue weighted by Gasteiger charge is -2.23. The van der Waals surface area contributed by atoms with E-state index >= 15 is 0 Å². The van der Waals surface area contributed by atoms with Gasteiger partial charge in [0.05, 0.1) is 5.70 Å². The number of carbonyl (C=O) groups excluding carboxylic acids is 1. The average Bonchev–Trinajstić information content (AvgIpc) is 1.98. The Balaban J connectivity index is 3.13. The molecule has 1 unspecified atom stereocenters. The number of alkyl halides is 1. The third-order valence-electron chi connectivity index (χ3n) is 1.89. The Bertz CT molecular complexity index is 299. The summed E-state index contributed by atoms with van der Waals surface area (Å²) in [5.41, 5.74) is -0.0753. The molecule has 0 fully saturated rings. The van der Waals surface area contributed by atoms with Gasteiger partial charge in [-0.3, -0.25) is 9.79 Å². The van der Waals surface area contributed by atoms with Crippen LogP contribution in [0.2, 0.25) is 0 Å². The maximum Gasteiger partial charge on any atom is 0.179 e. The number of rotatable bonds is 1. The molecule has 0 aromatic rings. The lowest BCUT2D eigenvalue weighted by molar-refractivity contribution is -0.114. The molecule has 1 aliphatic rings. The molecule has 0 amide bonds. The molecule has 0 spiro atoms. The van der Waals surface area contributed by atoms with Gasteiger partial charge < -0.3 is 5.11 Å². The van der Waals surface area contributed by atoms with E-state index in [0.29, 0.717) is 11.3 Å². The van der Waals surface area contributed by atoms with Crippen molar-refractivity contribution in [1.29, 1.82) is 0 Å². The predicted molar refractivity (Wildman–Crippen MR) is 55.2 cm³/mol. The molecule has 0 aromatic carbocycles. The van der Waals surface area contributed by atoms with Crippen LogP contribution in [0.3, 0.4) is 0 Å². The summed E-state index contributed by atoms with van der Waals surface area (Å²) in [5, 5.41) is 9.68. The Labute approximate surface area is 85.7 Å². The van der Waals surface area contributed by atoms with Gasteiger partial charge >= 0.3 is 0 Å². The fraction of sp³-hybridized carbons (Fsp3) is 0.556. The smallest absolute Gasteiger partial charge is 0.179 e. The summed E-state index contributed by atoms with van der Waals surface area (Å²) in [6.07, 6.45) is 1.50. The summed E-state index contributed by atoms with van der Waals surface area (Å²) >= 11 is 3.17. The summed E-state index contributed by atoms with van der Waals surface area (Å²) in [4.78, 5) is 15.2. The van der Waals surface area contributed by atoms with Crippen molar-refractivity contribution in [1.82, 2.24) is 0 Å². The molecule has 1 rings (SSSR count). The lowest BCUT2D eigenvalue weighted by atomic mass is 9.96. The first-order valence-corrected chi connectivity index (χ1v) is 4.92. The molecule has 13 heavy (non-hydrogen) atoms. The molecule has 1 aliphatic heterocycles. The van der Waals surface area contributed by atoms with Crippen molar-refractivity contribution >= 4 is 27.9 Å². The molecule has 1 N–H and O–H groups in total. The van der Waals surface area contributed by atoms with E-state index < -0.39 is 5.60 Å². The minimum Gasteiger partial charge on any atom is -0.384 e. The zero-order valence-corrected chi connectivity index (χ0v) is 9.42. The molecule has 0 radical (unpaired) electrons. The van der Waals surface area contributed by atoms with Gasteiger partial charge in [-0.15, -0.1) is 0 Å². The molecule has 3 nitrogen and oxygen atoms in total. The molecule has 0 aromatic heterocycles. The van der Waals surface area contributed by atoms with Crippen LogP contribution in [0.5, 0.6) is 0 Å². The third-order valence-corrected chi connectivity index (χ3v) is 2.54. The van der Waals surface area contributed by atoms with Crippen LogP contribution in [0.4, 0.5) is 0 Å². The van der Waals surface area contributed by atoms with Crippen LogP contribution >= 0.6 is 15.9 Å². The SMILES string of the molecule is CC1=C(C(C)(C)O)N=CC(Br)C1=O. The van der Waals surface area contributed by atoms with Gasteiger partial charge in [0.1, 0.15) is 10.4 Å². The van der Waals surface area contributed by atoms with Crippen molar-refractivity contribution < 1.29 is 9.90 Å². The van der Waals surface area contributed by atoms with Gasteiger partial charge in [-0.1, -0.05) is 15.9 Å². The minimum atomic E-state index is -1.05. The van der Waals surface area contributed by atoms with Crippen molar-refractivity contribution in [3.8, 4) is 0 Å². The molecule has 4 heteroatoms. The number of hydrogen-bond acceptors (Lipinski definition) is 3. The fourth-order valence-corrected chi connectivity index (χ4v) is 1.71. The molecule has 72 valence electrons. The maximum atomic E-state index is 11.5. The Kier molecular flexibility index (Phi) is 2.73. The number of aliphatic imine (C=N–C) groups is 1. The number of nitrogens with zero attached hydrogens (tertiary/aromatic N) is 1. The number of aliphatic hydroxyl groups is 1. The summed E-state index contributed by atoms with van der Waals surface area (Å²) in [7, 11) is 0. The van der Waals surface area contributed by atoms with Gasteiger partial charge in [-0.2, -0.15) is 0 Å². The zero-order chi connectivity index (χ0) is 10.2. The molecule has 0 saturated heterocycles. The predicted octanol–water partition coefficient (Wildman–Crippen LogP) is 1.45. The Morgan fingerprint density at radius 1 is 1.62 bits per heavy atom. The van der Waals surface area contributed by atoms with E-state index in [1.165, 1.54) is 6.21 Å². The second-order valence-electron chi connectivity index (χ2n) is 3.58. The Morgan fingerprint density at radius 3 is 2.62 bits per heavy atom. The van der Waals surface area contributed by atoms with Crippen molar-refractivity contribution in [3.05, 3.63) is 11.3 Å². The second kappa shape index (κ2) is 3.35. The summed E-state index contributed by atoms with van der Waals surface area (Å²) in [6.45, 7) is 4.91. The van der Waals surface area contributed by atoms with E-state index in [1.54, 1.807) is 20.8 Å². The zero-order valence-electron chi connectivity index (χ0n) is 7.84. The number of allylic oxidation sites excluding steroid dienone is 1. The van der Waals surface area contributed by atoms with Crippen LogP contribution in [-0.4, -0.2) is 27.5 Å². The van der Waals surface area contributed by atoms with Gasteiger partial charge in [0.25, 0.3) is 0 Å². The lowest BCUT2D eigenvalue weighted by Crippen LogP contribution is -2.30. The van der Waals surface area contributed by atoms with Crippen LogP contribution in [0.15, 0.2) is 16.3 Å². The highest BCUT2D eigenvalue weighted by molar-refractivity contribution is 9.10. The number of halogens is 1. The van der Waals surface area contributed by atoms with Crippen LogP contribution in [0.1, 0.15) is 20.8 Å². The number of Topliss-reactive ketones (excluding diaryl/α,β-unsaturated/α-hetero) is 1. The maximum absolute atomic E-state index is 11.5. The van der Waals surface area contributed by atoms with E-state index in [0.717, 1.165) is 0 Å². The number of ketones is 1. The molecule has 0 aliphatic carbocycles. The number of carbonyl (C=O) groups is 1. The van der Waals surface area contributed by atoms with Gasteiger partial charge in [0.2, 0.25) is 0 Å². The second-order valence-corrected chi connectivity index (χ2v) is 4.56. The molecule has 0 bridgehead atoms. The first-order valence-electron chi connectivity index (χ1n) is 4.00. The molecular weight excluding hydrogens is 234 g/mol. The largest absolute Gasteiger partial charge is 0.384 e. The van der Waals surface area contributed by atoms with Crippen molar-refractivity contribution in [2.75, 3.05) is 0 Å². The van der Waals surface area contributed by atoms with Gasteiger partial charge in [0.15, 0.2) is 5.78 Å². The Hall–Kier alpha value is -0.480. The topological polar surface area (TPSA) is 49.7 Å². The normalized spacial score (nSPS) is 24.1. The monoisotopic (exact) mass is 245 g/mol. The summed E-state index contributed by atoms with van der Waals surface area (Å²) in [6, 6.07) is 0. The minimum absolute atomic E-state index is 0.0351. The van der Waals surface area contributed by atoms with Gasteiger partial charge in [-0.05, 0) is 20.8 Å². The molecule has 0 saturated carbocycles. The van der Waals surface area contributed by atoms with E-state index in [1.807, 2.05) is 0 Å². The van der Waals surface area contributed by atoms with Crippen LogP contribution in [0, 0.1) is 0 Å². The van der Waals surface area contributed by atoms with Crippen LogP contribution < -0.4 is 0 Å². The summed E-state index contributed by atoms with van der Waals surface area (Å²) < 4.78 is 0. The third kappa shape index (κ3) is 2.06. The fourth-order valence-electron chi connectivity index (χ4n) is 1.24. The summed E-state index contributed by atoms with van der Waals surface area (Å²) in [5.74, 6) is -0.0351. The molecular formula is C9H12BrNO2. The van der Waals surface area contributed by atoms with Crippen molar-refractivity contribution in [2.45, 2.75) is 31.2 Å². The van der Waals surface area contributed by atoms with E-state index in [2.05, 4.69) is 20.9 Å². The highest BCUT2D eigenvalue weighted by atomic mass is 79.9. The van der Waals surface area contributed by atoms with Gasteiger partial charge in [-0.25, -0.2) is 0 Å². The van der Waals surface area contributed by atoms with Crippen LogP contribution in [0.25, 0.3) is 0 Å². The first kappa shape index (κ1) is 10.6. The highest BCUT2D eigenvalue weighted by Gasteiger charge is 2.29. The Morgan fingerprint density at radius 2 is 2.15 bits per heavy atom. The van der Waals surface area contributed by atoms with Gasteiger partial charge in [0, 0.05) is 11.8 Å². The number of hydrogen-bond donors (Lipinski definition) is 1. The quantitative estimate of drug-likeness (QED) is 0.712. The van der Waals surface area contributed by atoms with E-state index in [-0.39, 0.29) is 10.6 Å². The van der Waals surface area contributed by atoms with E-state index in [4.69, 9.17) is 0 Å². The highest BCUT2D eigenvalue weighted by Crippen LogP contribution is 2.26. The van der Waals surface area contributed by atoms with E-state index in [9.17, 15) is 9.90 Å². The first-order chi connectivity index (χ1) is 5.84. The van der Waals surface area contributed by atoms with Crippen molar-refractivity contribution in [2.24, 2.45) is 4.99 Å². The van der Waals surface area contributed by atoms with Crippen molar-refractivity contribution in [3.63, 3.8) is 0 Å². The molecule has 1 atom stereocenters. The molecule has 1 heterocycles.